The first-order chi connectivity index (χ1) is 3.81. The smallest absolute Gasteiger partial charge is 0.230 e. The molecule has 0 aromatic carbocycles. The number of nitrogens with one attached hydrogen (secondary N) is 1. The number of hydrogen-bond donors (Lipinski definition) is 1. The topological polar surface area (TPSA) is 29.1 Å². The average Bonchev–Trinajstić information content (AvgIpc) is 1.83. The predicted molar refractivity (Wildman–Crippen MR) is 36.7 cm³/mol. The van der Waals surface area contributed by atoms with Crippen LogP contribution in [0.2, 0.25) is 0 Å². The van der Waals surface area contributed by atoms with Crippen molar-refractivity contribution in [1.29, 1.82) is 0 Å². The van der Waals surface area contributed by atoms with Crippen molar-refractivity contribution < 1.29 is 4.79 Å². The maximum Gasteiger partial charge on any atom is 0.230 e. The van der Waals surface area contributed by atoms with E-state index in [-0.39, 0.29) is 5.91 Å². The lowest BCUT2D eigenvalue weighted by atomic mass is 10.7. The molecule has 0 unspecified atom stereocenters. The minimum Gasteiger partial charge on any atom is -0.358 e. The highest BCUT2D eigenvalue weighted by Crippen LogP contribution is 1.96. The van der Waals surface area contributed by atoms with Crippen LogP contribution in [0, 0.1) is 0 Å². The summed E-state index contributed by atoms with van der Waals surface area (Å²) < 4.78 is 0. The van der Waals surface area contributed by atoms with Crippen LogP contribution in [0.15, 0.2) is 12.0 Å². The summed E-state index contributed by atoms with van der Waals surface area (Å²) in [5.41, 5.74) is 0. The third kappa shape index (κ3) is 3.74. The predicted octanol–water partition coefficient (Wildman–Crippen LogP) is 0.609. The molecule has 0 spiro atoms. The van der Waals surface area contributed by atoms with E-state index in [9.17, 15) is 4.79 Å². The van der Waals surface area contributed by atoms with Crippen molar-refractivity contribution in [3.63, 3.8) is 0 Å². The summed E-state index contributed by atoms with van der Waals surface area (Å²) in [5.74, 6) is 0.509. The van der Waals surface area contributed by atoms with Gasteiger partial charge in [-0.2, -0.15) is 0 Å². The standard InChI is InChI=1S/C5H9NOS/c1-3-8-4-5(7)6-2/h3H,1,4H2,2H3,(H,6,7). The molecule has 46 valence electrons. The minimum absolute atomic E-state index is 0.0369. The van der Waals surface area contributed by atoms with Crippen LogP contribution in [0.3, 0.4) is 0 Å². The Morgan fingerprint density at radius 3 is 3.00 bits per heavy atom. The summed E-state index contributed by atoms with van der Waals surface area (Å²) in [6.45, 7) is 3.45. The van der Waals surface area contributed by atoms with E-state index in [4.69, 9.17) is 0 Å². The van der Waals surface area contributed by atoms with E-state index in [1.165, 1.54) is 11.8 Å². The lowest BCUT2D eigenvalue weighted by Gasteiger charge is -1.92. The fourth-order valence-corrected chi connectivity index (χ4v) is 0.620. The number of rotatable bonds is 3. The summed E-state index contributed by atoms with van der Waals surface area (Å²) in [4.78, 5) is 10.4. The van der Waals surface area contributed by atoms with Gasteiger partial charge in [-0.15, -0.1) is 11.8 Å². The molecule has 0 fully saturated rings. The van der Waals surface area contributed by atoms with Crippen molar-refractivity contribution in [2.45, 2.75) is 0 Å². The third-order valence-corrected chi connectivity index (χ3v) is 1.28. The molecule has 2 nitrogen and oxygen atoms in total. The van der Waals surface area contributed by atoms with E-state index < -0.39 is 0 Å². The zero-order valence-electron chi connectivity index (χ0n) is 4.81. The van der Waals surface area contributed by atoms with Gasteiger partial charge in [0.05, 0.1) is 5.75 Å². The molecule has 0 atom stereocenters. The van der Waals surface area contributed by atoms with Crippen LogP contribution in [0.5, 0.6) is 0 Å². The Morgan fingerprint density at radius 1 is 2.00 bits per heavy atom. The van der Waals surface area contributed by atoms with Crippen molar-refractivity contribution >= 4 is 17.7 Å². The quantitative estimate of drug-likeness (QED) is 0.608. The number of carbonyl (C=O) groups excluding carboxylic acids is 1. The van der Waals surface area contributed by atoms with Gasteiger partial charge < -0.3 is 5.32 Å². The first-order valence-electron chi connectivity index (χ1n) is 2.24. The molecule has 0 saturated carbocycles. The number of amides is 1. The molecule has 0 aliphatic rings. The lowest BCUT2D eigenvalue weighted by molar-refractivity contribution is -0.118. The molecule has 0 aliphatic heterocycles. The zero-order chi connectivity index (χ0) is 6.41. The Labute approximate surface area is 53.3 Å². The van der Waals surface area contributed by atoms with Crippen LogP contribution in [-0.2, 0) is 4.79 Å². The fraction of sp³-hybridized carbons (Fsp3) is 0.400. The number of hydrogen-bond acceptors (Lipinski definition) is 2. The van der Waals surface area contributed by atoms with Crippen molar-refractivity contribution in [2.75, 3.05) is 12.8 Å². The van der Waals surface area contributed by atoms with Crippen molar-refractivity contribution in [1.82, 2.24) is 5.32 Å². The van der Waals surface area contributed by atoms with E-state index >= 15 is 0 Å². The molecule has 1 amide bonds. The van der Waals surface area contributed by atoms with Crippen LogP contribution in [-0.4, -0.2) is 18.7 Å². The molecule has 0 heterocycles. The maximum absolute atomic E-state index is 10.4. The van der Waals surface area contributed by atoms with E-state index in [0.717, 1.165) is 0 Å². The van der Waals surface area contributed by atoms with Gasteiger partial charge in [0.2, 0.25) is 5.91 Å². The highest BCUT2D eigenvalue weighted by molar-refractivity contribution is 8.02. The SMILES string of the molecule is C=CSCC(=O)NC. The van der Waals surface area contributed by atoms with Gasteiger partial charge in [0.15, 0.2) is 0 Å². The van der Waals surface area contributed by atoms with Crippen molar-refractivity contribution in [3.05, 3.63) is 12.0 Å². The Morgan fingerprint density at radius 2 is 2.62 bits per heavy atom. The van der Waals surface area contributed by atoms with Crippen LogP contribution in [0.1, 0.15) is 0 Å². The Hall–Kier alpha value is -0.440. The van der Waals surface area contributed by atoms with E-state index in [0.29, 0.717) is 5.75 Å². The van der Waals surface area contributed by atoms with Gasteiger partial charge in [-0.25, -0.2) is 0 Å². The Balaban J connectivity index is 3.11. The largest absolute Gasteiger partial charge is 0.358 e. The van der Waals surface area contributed by atoms with Gasteiger partial charge in [0, 0.05) is 7.05 Å². The maximum atomic E-state index is 10.4. The molecule has 0 aromatic rings. The van der Waals surface area contributed by atoms with Crippen molar-refractivity contribution in [2.24, 2.45) is 0 Å². The van der Waals surface area contributed by atoms with Gasteiger partial charge in [-0.05, 0) is 5.41 Å². The van der Waals surface area contributed by atoms with Crippen LogP contribution < -0.4 is 5.32 Å². The molecule has 3 heteroatoms. The molecule has 0 radical (unpaired) electrons. The van der Waals surface area contributed by atoms with Gasteiger partial charge in [0.25, 0.3) is 0 Å². The normalized spacial score (nSPS) is 8.12. The fourth-order valence-electron chi connectivity index (χ4n) is 0.207. The highest BCUT2D eigenvalue weighted by atomic mass is 32.2. The third-order valence-electron chi connectivity index (χ3n) is 0.611. The first-order valence-corrected chi connectivity index (χ1v) is 3.29. The minimum atomic E-state index is 0.0369. The number of thioether (sulfide) groups is 1. The second-order valence-electron chi connectivity index (χ2n) is 1.15. The molecular weight excluding hydrogens is 122 g/mol. The van der Waals surface area contributed by atoms with Gasteiger partial charge >= 0.3 is 0 Å². The first kappa shape index (κ1) is 7.56. The van der Waals surface area contributed by atoms with Gasteiger partial charge in [-0.1, -0.05) is 6.58 Å². The molecule has 0 bridgehead atoms. The molecule has 1 N–H and O–H groups in total. The summed E-state index contributed by atoms with van der Waals surface area (Å²) in [5, 5.41) is 4.14. The van der Waals surface area contributed by atoms with Gasteiger partial charge in [0.1, 0.15) is 0 Å². The number of carbonyl (C=O) groups is 1. The summed E-state index contributed by atoms with van der Waals surface area (Å²) in [7, 11) is 1.62. The highest BCUT2D eigenvalue weighted by Gasteiger charge is 1.91. The monoisotopic (exact) mass is 131 g/mol. The van der Waals surface area contributed by atoms with E-state index in [1.807, 2.05) is 0 Å². The second-order valence-corrected chi connectivity index (χ2v) is 2.11. The summed E-state index contributed by atoms with van der Waals surface area (Å²) in [6.07, 6.45) is 0. The van der Waals surface area contributed by atoms with E-state index in [1.54, 1.807) is 12.5 Å². The van der Waals surface area contributed by atoms with Crippen LogP contribution >= 0.6 is 11.8 Å². The molecule has 0 aromatic heterocycles. The van der Waals surface area contributed by atoms with Crippen LogP contribution in [0.25, 0.3) is 0 Å². The summed E-state index contributed by atoms with van der Waals surface area (Å²) in [6, 6.07) is 0. The van der Waals surface area contributed by atoms with E-state index in [2.05, 4.69) is 11.9 Å². The molecule has 8 heavy (non-hydrogen) atoms. The second kappa shape index (κ2) is 4.71. The molecular formula is C5H9NOS. The van der Waals surface area contributed by atoms with Crippen molar-refractivity contribution in [3.8, 4) is 0 Å². The van der Waals surface area contributed by atoms with Crippen LogP contribution in [0.4, 0.5) is 0 Å². The molecule has 0 aliphatic carbocycles. The van der Waals surface area contributed by atoms with Gasteiger partial charge in [-0.3, -0.25) is 4.79 Å². The Bertz CT molecular complexity index is 92.4. The molecule has 0 rings (SSSR count). The molecule has 0 saturated heterocycles. The zero-order valence-corrected chi connectivity index (χ0v) is 5.62. The lowest BCUT2D eigenvalue weighted by Crippen LogP contribution is -2.19. The summed E-state index contributed by atoms with van der Waals surface area (Å²) >= 11 is 1.39. The average molecular weight is 131 g/mol. The Kier molecular flexibility index (Phi) is 4.45.